The first kappa shape index (κ1) is 21.6. The number of nitrogens with zero attached hydrogens (tertiary/aromatic N) is 1. The Balaban J connectivity index is 1.77. The van der Waals surface area contributed by atoms with Crippen molar-refractivity contribution in [1.29, 1.82) is 0 Å². The maximum absolute atomic E-state index is 13.4. The van der Waals surface area contributed by atoms with Crippen LogP contribution in [0.15, 0.2) is 88.7 Å². The normalized spacial score (nSPS) is 18.2. The van der Waals surface area contributed by atoms with E-state index in [1.165, 1.54) is 23.1 Å². The maximum Gasteiger partial charge on any atom is 0.254 e. The number of carbonyl (C=O) groups is 1. The number of amides is 1. The summed E-state index contributed by atoms with van der Waals surface area (Å²) in [6.07, 6.45) is 0. The fourth-order valence-electron chi connectivity index (χ4n) is 3.89. The minimum atomic E-state index is -3.93. The predicted molar refractivity (Wildman–Crippen MR) is 121 cm³/mol. The Morgan fingerprint density at radius 1 is 0.968 bits per heavy atom. The predicted octanol–water partition coefficient (Wildman–Crippen LogP) is 4.60. The van der Waals surface area contributed by atoms with Gasteiger partial charge in [-0.3, -0.25) is 13.9 Å². The quantitative estimate of drug-likeness (QED) is 0.584. The SMILES string of the molecule is CN(Cc1ccccc1)C(=O)c1cccc2c1C(S(=O)(=O)c1ccccc1)CS2(O)O. The Hall–Kier alpha value is -2.65. The van der Waals surface area contributed by atoms with Gasteiger partial charge in [0.1, 0.15) is 5.25 Å². The van der Waals surface area contributed by atoms with E-state index < -0.39 is 25.7 Å². The van der Waals surface area contributed by atoms with Crippen LogP contribution in [0.4, 0.5) is 0 Å². The summed E-state index contributed by atoms with van der Waals surface area (Å²) in [6.45, 7) is 0.343. The molecule has 1 unspecified atom stereocenters. The molecule has 0 spiro atoms. The van der Waals surface area contributed by atoms with E-state index in [0.29, 0.717) is 6.54 Å². The Labute approximate surface area is 183 Å². The minimum absolute atomic E-state index is 0.0861. The molecule has 1 heterocycles. The minimum Gasteiger partial charge on any atom is -0.337 e. The Morgan fingerprint density at radius 2 is 1.58 bits per heavy atom. The smallest absolute Gasteiger partial charge is 0.254 e. The van der Waals surface area contributed by atoms with E-state index in [4.69, 9.17) is 0 Å². The summed E-state index contributed by atoms with van der Waals surface area (Å²) in [4.78, 5) is 15.0. The molecule has 3 aromatic rings. The lowest BCUT2D eigenvalue weighted by molar-refractivity contribution is 0.0783. The van der Waals surface area contributed by atoms with Crippen LogP contribution >= 0.6 is 10.6 Å². The van der Waals surface area contributed by atoms with E-state index >= 15 is 0 Å². The highest BCUT2D eigenvalue weighted by molar-refractivity contribution is 8.25. The van der Waals surface area contributed by atoms with E-state index in [1.54, 1.807) is 37.4 Å². The van der Waals surface area contributed by atoms with E-state index in [-0.39, 0.29) is 32.6 Å². The molecule has 1 atom stereocenters. The highest BCUT2D eigenvalue weighted by atomic mass is 32.3. The van der Waals surface area contributed by atoms with Gasteiger partial charge >= 0.3 is 0 Å². The Kier molecular flexibility index (Phi) is 5.65. The first-order valence-corrected chi connectivity index (χ1v) is 13.0. The molecule has 1 amide bonds. The average Bonchev–Trinajstić information content (AvgIpc) is 3.06. The molecule has 6 nitrogen and oxygen atoms in total. The van der Waals surface area contributed by atoms with Gasteiger partial charge < -0.3 is 4.90 Å². The van der Waals surface area contributed by atoms with Crippen molar-refractivity contribution >= 4 is 26.3 Å². The molecule has 0 aromatic heterocycles. The topological polar surface area (TPSA) is 94.9 Å². The molecule has 2 N–H and O–H groups in total. The number of rotatable bonds is 5. The molecule has 8 heteroatoms. The molecular formula is C23H23NO5S2. The van der Waals surface area contributed by atoms with Crippen LogP contribution in [0.1, 0.15) is 26.7 Å². The van der Waals surface area contributed by atoms with Gasteiger partial charge in [0.05, 0.1) is 15.5 Å². The summed E-state index contributed by atoms with van der Waals surface area (Å²) in [5, 5.41) is -1.21. The molecule has 31 heavy (non-hydrogen) atoms. The van der Waals surface area contributed by atoms with Crippen LogP contribution in [0.5, 0.6) is 0 Å². The largest absolute Gasteiger partial charge is 0.337 e. The number of carbonyl (C=O) groups excluding carboxylic acids is 1. The van der Waals surface area contributed by atoms with Crippen LogP contribution in [-0.4, -0.2) is 41.1 Å². The number of hydrogen-bond donors (Lipinski definition) is 2. The lowest BCUT2D eigenvalue weighted by Crippen LogP contribution is -2.28. The first-order chi connectivity index (χ1) is 14.7. The summed E-state index contributed by atoms with van der Waals surface area (Å²) < 4.78 is 48.1. The van der Waals surface area contributed by atoms with Crippen molar-refractivity contribution in [2.24, 2.45) is 0 Å². The maximum atomic E-state index is 13.4. The van der Waals surface area contributed by atoms with Gasteiger partial charge in [0.25, 0.3) is 5.91 Å². The highest BCUT2D eigenvalue weighted by Crippen LogP contribution is 2.62. The Bertz CT molecular complexity index is 1210. The summed E-state index contributed by atoms with van der Waals surface area (Å²) in [5.41, 5.74) is 1.30. The molecule has 1 aliphatic heterocycles. The standard InChI is InChI=1S/C23H23NO5S2/c1-24(15-17-9-4-2-5-10-17)23(25)19-13-8-14-20-22(19)21(16-30(20,26)27)31(28,29)18-11-6-3-7-12-18/h2-14,21,26-27H,15-16H2,1H3. The van der Waals surface area contributed by atoms with Gasteiger partial charge in [-0.05, 0) is 29.8 Å². The average molecular weight is 458 g/mol. The second-order valence-electron chi connectivity index (χ2n) is 7.54. The van der Waals surface area contributed by atoms with Crippen molar-refractivity contribution in [1.82, 2.24) is 4.90 Å². The molecule has 0 saturated carbocycles. The number of sulfone groups is 1. The van der Waals surface area contributed by atoms with E-state index in [0.717, 1.165) is 5.56 Å². The van der Waals surface area contributed by atoms with Crippen LogP contribution in [0.3, 0.4) is 0 Å². The Morgan fingerprint density at radius 3 is 2.23 bits per heavy atom. The third-order valence-electron chi connectivity index (χ3n) is 5.41. The second-order valence-corrected chi connectivity index (χ2v) is 11.8. The van der Waals surface area contributed by atoms with Gasteiger partial charge in [-0.2, -0.15) is 10.6 Å². The molecule has 0 saturated heterocycles. The molecule has 0 fully saturated rings. The number of benzene rings is 3. The number of fused-ring (bicyclic) bond motifs is 1. The van der Waals surface area contributed by atoms with Crippen LogP contribution in [-0.2, 0) is 16.4 Å². The van der Waals surface area contributed by atoms with E-state index in [9.17, 15) is 22.3 Å². The fourth-order valence-corrected chi connectivity index (χ4v) is 8.34. The lowest BCUT2D eigenvalue weighted by atomic mass is 10.0. The zero-order valence-electron chi connectivity index (χ0n) is 16.9. The summed E-state index contributed by atoms with van der Waals surface area (Å²) >= 11 is 0. The van der Waals surface area contributed by atoms with Crippen LogP contribution < -0.4 is 0 Å². The summed E-state index contributed by atoms with van der Waals surface area (Å²) in [5.74, 6) is -0.724. The van der Waals surface area contributed by atoms with Crippen molar-refractivity contribution in [2.45, 2.75) is 21.6 Å². The van der Waals surface area contributed by atoms with E-state index in [2.05, 4.69) is 0 Å². The van der Waals surface area contributed by atoms with Crippen LogP contribution in [0, 0.1) is 0 Å². The summed E-state index contributed by atoms with van der Waals surface area (Å²) in [7, 11) is -5.63. The molecule has 1 aliphatic rings. The molecular weight excluding hydrogens is 434 g/mol. The molecule has 0 radical (unpaired) electrons. The van der Waals surface area contributed by atoms with E-state index in [1.807, 2.05) is 30.3 Å². The van der Waals surface area contributed by atoms with Gasteiger partial charge in [-0.1, -0.05) is 54.6 Å². The first-order valence-electron chi connectivity index (χ1n) is 9.69. The van der Waals surface area contributed by atoms with Crippen molar-refractivity contribution < 1.29 is 22.3 Å². The molecule has 0 bridgehead atoms. The van der Waals surface area contributed by atoms with Gasteiger partial charge in [-0.15, -0.1) is 0 Å². The van der Waals surface area contributed by atoms with Crippen LogP contribution in [0.2, 0.25) is 0 Å². The third-order valence-corrected chi connectivity index (χ3v) is 9.56. The van der Waals surface area contributed by atoms with Crippen molar-refractivity contribution in [3.8, 4) is 0 Å². The molecule has 162 valence electrons. The molecule has 0 aliphatic carbocycles. The van der Waals surface area contributed by atoms with Crippen molar-refractivity contribution in [3.63, 3.8) is 0 Å². The third kappa shape index (κ3) is 3.99. The second kappa shape index (κ2) is 8.12. The zero-order valence-corrected chi connectivity index (χ0v) is 18.5. The fraction of sp³-hybridized carbons (Fsp3) is 0.174. The molecule has 4 rings (SSSR count). The zero-order chi connectivity index (χ0) is 22.2. The van der Waals surface area contributed by atoms with Gasteiger partial charge in [-0.25, -0.2) is 8.42 Å². The summed E-state index contributed by atoms with van der Waals surface area (Å²) in [6, 6.07) is 22.0. The van der Waals surface area contributed by atoms with Gasteiger partial charge in [0, 0.05) is 24.7 Å². The van der Waals surface area contributed by atoms with Gasteiger partial charge in [0.2, 0.25) is 0 Å². The van der Waals surface area contributed by atoms with Crippen molar-refractivity contribution in [3.05, 3.63) is 95.6 Å². The van der Waals surface area contributed by atoms with Crippen LogP contribution in [0.25, 0.3) is 0 Å². The number of hydrogen-bond acceptors (Lipinski definition) is 5. The van der Waals surface area contributed by atoms with Gasteiger partial charge in [0.15, 0.2) is 9.84 Å². The van der Waals surface area contributed by atoms with Crippen molar-refractivity contribution in [2.75, 3.05) is 12.8 Å². The highest BCUT2D eigenvalue weighted by Gasteiger charge is 2.45. The lowest BCUT2D eigenvalue weighted by Gasteiger charge is -2.27. The monoisotopic (exact) mass is 457 g/mol. The molecule has 3 aromatic carbocycles.